The molecule has 0 saturated heterocycles. The first-order valence-corrected chi connectivity index (χ1v) is 5.71. The summed E-state index contributed by atoms with van der Waals surface area (Å²) >= 11 is 5.67. The molecule has 1 saturated carbocycles. The van der Waals surface area contributed by atoms with Crippen LogP contribution in [0.3, 0.4) is 0 Å². The largest absolute Gasteiger partial charge is 0.293 e. The molecular formula is C11H13ClN2O2. The molecule has 5 heteroatoms. The molecule has 0 atom stereocenters. The monoisotopic (exact) mass is 240 g/mol. The summed E-state index contributed by atoms with van der Waals surface area (Å²) in [6.45, 7) is 0. The minimum absolute atomic E-state index is 0.149. The molecule has 0 aliphatic heterocycles. The Morgan fingerprint density at radius 3 is 2.81 bits per heavy atom. The molecule has 0 unspecified atom stereocenters. The van der Waals surface area contributed by atoms with Crippen LogP contribution in [-0.4, -0.2) is 17.0 Å². The van der Waals surface area contributed by atoms with Crippen LogP contribution in [0.4, 0.5) is 0 Å². The van der Waals surface area contributed by atoms with E-state index in [0.29, 0.717) is 10.7 Å². The zero-order valence-electron chi connectivity index (χ0n) is 8.78. The number of aromatic nitrogens is 1. The van der Waals surface area contributed by atoms with Crippen molar-refractivity contribution in [3.05, 3.63) is 29.0 Å². The van der Waals surface area contributed by atoms with Gasteiger partial charge in [-0.15, -0.1) is 0 Å². The van der Waals surface area contributed by atoms with Crippen molar-refractivity contribution < 1.29 is 9.63 Å². The minimum atomic E-state index is -0.330. The van der Waals surface area contributed by atoms with Gasteiger partial charge >= 0.3 is 0 Å². The van der Waals surface area contributed by atoms with Gasteiger partial charge in [0.05, 0.1) is 11.1 Å². The number of nitrogens with zero attached hydrogens (tertiary/aromatic N) is 1. The van der Waals surface area contributed by atoms with E-state index in [9.17, 15) is 4.79 Å². The van der Waals surface area contributed by atoms with Crippen LogP contribution in [0.15, 0.2) is 18.3 Å². The number of rotatable bonds is 3. The highest BCUT2D eigenvalue weighted by Crippen LogP contribution is 2.19. The number of hydroxylamine groups is 1. The summed E-state index contributed by atoms with van der Waals surface area (Å²) in [5.74, 6) is -0.330. The smallest absolute Gasteiger partial charge is 0.270 e. The highest BCUT2D eigenvalue weighted by molar-refractivity contribution is 6.30. The van der Waals surface area contributed by atoms with Crippen molar-refractivity contribution in [2.75, 3.05) is 0 Å². The van der Waals surface area contributed by atoms with Crippen LogP contribution in [0.2, 0.25) is 5.02 Å². The van der Waals surface area contributed by atoms with Gasteiger partial charge in [-0.25, -0.2) is 10.5 Å². The second-order valence-corrected chi connectivity index (χ2v) is 4.25. The van der Waals surface area contributed by atoms with Crippen molar-refractivity contribution in [2.45, 2.75) is 31.8 Å². The summed E-state index contributed by atoms with van der Waals surface area (Å²) in [7, 11) is 0. The Morgan fingerprint density at radius 1 is 1.44 bits per heavy atom. The second-order valence-electron chi connectivity index (χ2n) is 3.82. The number of nitrogens with one attached hydrogen (secondary N) is 1. The van der Waals surface area contributed by atoms with E-state index in [4.69, 9.17) is 16.4 Å². The summed E-state index contributed by atoms with van der Waals surface area (Å²) in [5, 5.41) is 0.508. The number of halogens is 1. The molecule has 0 radical (unpaired) electrons. The van der Waals surface area contributed by atoms with Crippen LogP contribution in [0.5, 0.6) is 0 Å². The maximum absolute atomic E-state index is 11.6. The topological polar surface area (TPSA) is 51.2 Å². The third-order valence-electron chi connectivity index (χ3n) is 2.58. The van der Waals surface area contributed by atoms with Crippen LogP contribution < -0.4 is 5.48 Å². The lowest BCUT2D eigenvalue weighted by atomic mass is 10.3. The van der Waals surface area contributed by atoms with Crippen LogP contribution >= 0.6 is 11.6 Å². The molecule has 86 valence electrons. The van der Waals surface area contributed by atoms with E-state index in [-0.39, 0.29) is 12.0 Å². The van der Waals surface area contributed by atoms with Gasteiger partial charge in [-0.2, -0.15) is 0 Å². The van der Waals surface area contributed by atoms with Gasteiger partial charge in [-0.05, 0) is 25.0 Å². The SMILES string of the molecule is O=C(NOC1CCCC1)c1ccc(Cl)cn1. The molecule has 1 amide bonds. The van der Waals surface area contributed by atoms with E-state index in [0.717, 1.165) is 12.8 Å². The molecule has 1 fully saturated rings. The number of carbonyl (C=O) groups is 1. The normalized spacial score (nSPS) is 16.3. The van der Waals surface area contributed by atoms with Crippen molar-refractivity contribution in [1.29, 1.82) is 0 Å². The molecule has 2 rings (SSSR count). The van der Waals surface area contributed by atoms with E-state index in [1.165, 1.54) is 19.0 Å². The average molecular weight is 241 g/mol. The van der Waals surface area contributed by atoms with Gasteiger partial charge in [0.1, 0.15) is 5.69 Å². The van der Waals surface area contributed by atoms with Gasteiger partial charge in [0.15, 0.2) is 0 Å². The van der Waals surface area contributed by atoms with Crippen LogP contribution in [0.1, 0.15) is 36.2 Å². The van der Waals surface area contributed by atoms with E-state index in [2.05, 4.69) is 10.5 Å². The zero-order chi connectivity index (χ0) is 11.4. The van der Waals surface area contributed by atoms with E-state index in [1.54, 1.807) is 12.1 Å². The molecule has 0 bridgehead atoms. The van der Waals surface area contributed by atoms with Crippen molar-refractivity contribution in [3.8, 4) is 0 Å². The quantitative estimate of drug-likeness (QED) is 0.825. The maximum atomic E-state index is 11.6. The van der Waals surface area contributed by atoms with Crippen molar-refractivity contribution in [1.82, 2.24) is 10.5 Å². The lowest BCUT2D eigenvalue weighted by Crippen LogP contribution is -2.28. The Morgan fingerprint density at radius 2 is 2.19 bits per heavy atom. The summed E-state index contributed by atoms with van der Waals surface area (Å²) in [5.41, 5.74) is 2.72. The molecule has 1 aliphatic carbocycles. The average Bonchev–Trinajstić information content (AvgIpc) is 2.80. The van der Waals surface area contributed by atoms with Crippen LogP contribution in [0.25, 0.3) is 0 Å². The molecule has 1 aliphatic rings. The first-order valence-electron chi connectivity index (χ1n) is 5.33. The third kappa shape index (κ3) is 2.93. The Hall–Kier alpha value is -1.13. The molecule has 1 aromatic rings. The second kappa shape index (κ2) is 5.27. The fourth-order valence-corrected chi connectivity index (χ4v) is 1.82. The number of pyridine rings is 1. The number of hydrogen-bond donors (Lipinski definition) is 1. The fraction of sp³-hybridized carbons (Fsp3) is 0.455. The zero-order valence-corrected chi connectivity index (χ0v) is 9.54. The number of amides is 1. The standard InChI is InChI=1S/C11H13ClN2O2/c12-8-5-6-10(13-7-8)11(15)14-16-9-3-1-2-4-9/h5-7,9H,1-4H2,(H,14,15). The highest BCUT2D eigenvalue weighted by atomic mass is 35.5. The van der Waals surface area contributed by atoms with Gasteiger partial charge in [0.25, 0.3) is 5.91 Å². The molecule has 16 heavy (non-hydrogen) atoms. The molecule has 4 nitrogen and oxygen atoms in total. The Bertz CT molecular complexity index is 361. The van der Waals surface area contributed by atoms with E-state index >= 15 is 0 Å². The van der Waals surface area contributed by atoms with Crippen molar-refractivity contribution in [3.63, 3.8) is 0 Å². The predicted octanol–water partition coefficient (Wildman–Crippen LogP) is 2.34. The van der Waals surface area contributed by atoms with Gasteiger partial charge < -0.3 is 0 Å². The summed E-state index contributed by atoms with van der Waals surface area (Å²) < 4.78 is 0. The van der Waals surface area contributed by atoms with E-state index in [1.807, 2.05) is 0 Å². The first kappa shape index (κ1) is 11.4. The predicted molar refractivity (Wildman–Crippen MR) is 60.1 cm³/mol. The van der Waals surface area contributed by atoms with Crippen LogP contribution in [-0.2, 0) is 4.84 Å². The molecule has 0 aromatic carbocycles. The van der Waals surface area contributed by atoms with Crippen molar-refractivity contribution in [2.24, 2.45) is 0 Å². The lowest BCUT2D eigenvalue weighted by Gasteiger charge is -2.10. The molecule has 1 N–H and O–H groups in total. The number of hydrogen-bond acceptors (Lipinski definition) is 3. The third-order valence-corrected chi connectivity index (χ3v) is 2.80. The Kier molecular flexibility index (Phi) is 3.74. The number of carbonyl (C=O) groups excluding carboxylic acids is 1. The Labute approximate surface area is 98.9 Å². The molecule has 1 aromatic heterocycles. The van der Waals surface area contributed by atoms with Gasteiger partial charge in [0, 0.05) is 6.20 Å². The molecular weight excluding hydrogens is 228 g/mol. The minimum Gasteiger partial charge on any atom is -0.270 e. The lowest BCUT2D eigenvalue weighted by molar-refractivity contribution is -0.0127. The summed E-state index contributed by atoms with van der Waals surface area (Å²) in [4.78, 5) is 20.7. The van der Waals surface area contributed by atoms with Gasteiger partial charge in [-0.1, -0.05) is 24.4 Å². The van der Waals surface area contributed by atoms with Gasteiger partial charge in [0.2, 0.25) is 0 Å². The molecule has 1 heterocycles. The summed E-state index contributed by atoms with van der Waals surface area (Å²) in [6, 6.07) is 3.19. The maximum Gasteiger partial charge on any atom is 0.293 e. The van der Waals surface area contributed by atoms with E-state index < -0.39 is 0 Å². The summed E-state index contributed by atoms with van der Waals surface area (Å²) in [6.07, 6.45) is 5.94. The Balaban J connectivity index is 1.85. The van der Waals surface area contributed by atoms with Crippen molar-refractivity contribution >= 4 is 17.5 Å². The van der Waals surface area contributed by atoms with Gasteiger partial charge in [-0.3, -0.25) is 9.63 Å². The first-order chi connectivity index (χ1) is 7.75. The highest BCUT2D eigenvalue weighted by Gasteiger charge is 2.17. The van der Waals surface area contributed by atoms with Crippen LogP contribution in [0, 0.1) is 0 Å². The fourth-order valence-electron chi connectivity index (χ4n) is 1.71. The molecule has 0 spiro atoms.